The molecule has 2 aromatic rings. The van der Waals surface area contributed by atoms with Crippen molar-refractivity contribution in [3.8, 4) is 0 Å². The Hall–Kier alpha value is -1.09. The average Bonchev–Trinajstić information content (AvgIpc) is 2.41. The molecule has 2 rings (SSSR count). The molecule has 0 aliphatic carbocycles. The molecule has 0 heterocycles. The maximum Gasteiger partial charge on any atom is 0.142 e. The van der Waals surface area contributed by atoms with Gasteiger partial charge in [0.1, 0.15) is 5.82 Å². The van der Waals surface area contributed by atoms with E-state index in [4.69, 9.17) is 23.2 Å². The fourth-order valence-electron chi connectivity index (χ4n) is 2.30. The molecular weight excluding hydrogens is 296 g/mol. The highest BCUT2D eigenvalue weighted by atomic mass is 35.5. The lowest BCUT2D eigenvalue weighted by Gasteiger charge is -2.19. The number of likely N-dealkylation sites (N-methyl/N-ethyl adjacent to an activating group) is 1. The van der Waals surface area contributed by atoms with Gasteiger partial charge in [-0.05, 0) is 61.3 Å². The van der Waals surface area contributed by atoms with Gasteiger partial charge in [0.2, 0.25) is 0 Å². The number of hydrogen-bond donors (Lipinski definition) is 1. The second-order valence-corrected chi connectivity index (χ2v) is 5.64. The van der Waals surface area contributed by atoms with Gasteiger partial charge < -0.3 is 5.32 Å². The highest BCUT2D eigenvalue weighted by Gasteiger charge is 2.13. The monoisotopic (exact) mass is 311 g/mol. The molecule has 0 radical (unpaired) electrons. The third-order valence-corrected chi connectivity index (χ3v) is 3.92. The van der Waals surface area contributed by atoms with Crippen LogP contribution < -0.4 is 5.32 Å². The number of rotatable bonds is 4. The third-order valence-electron chi connectivity index (χ3n) is 3.38. The molecule has 1 nitrogen and oxygen atoms in total. The van der Waals surface area contributed by atoms with E-state index in [1.54, 1.807) is 6.07 Å². The normalized spacial score (nSPS) is 12.4. The molecular formula is C16H16Cl2FN. The van der Waals surface area contributed by atoms with Crippen molar-refractivity contribution in [2.24, 2.45) is 0 Å². The van der Waals surface area contributed by atoms with Crippen LogP contribution in [0, 0.1) is 12.7 Å². The summed E-state index contributed by atoms with van der Waals surface area (Å²) in [5.74, 6) is -0.383. The van der Waals surface area contributed by atoms with Crippen LogP contribution in [0.5, 0.6) is 0 Å². The van der Waals surface area contributed by atoms with E-state index in [-0.39, 0.29) is 16.9 Å². The first kappa shape index (κ1) is 15.3. The number of nitrogens with one attached hydrogen (secondary N) is 1. The van der Waals surface area contributed by atoms with Crippen LogP contribution >= 0.6 is 23.2 Å². The molecule has 0 fully saturated rings. The zero-order chi connectivity index (χ0) is 14.7. The molecule has 0 bridgehead atoms. The van der Waals surface area contributed by atoms with Gasteiger partial charge >= 0.3 is 0 Å². The van der Waals surface area contributed by atoms with Crippen molar-refractivity contribution in [3.05, 3.63) is 69.0 Å². The summed E-state index contributed by atoms with van der Waals surface area (Å²) in [6, 6.07) is 10.8. The minimum absolute atomic E-state index is 0.104. The zero-order valence-electron chi connectivity index (χ0n) is 11.4. The van der Waals surface area contributed by atoms with Gasteiger partial charge in [0.15, 0.2) is 0 Å². The molecule has 106 valence electrons. The number of halogens is 3. The maximum absolute atomic E-state index is 13.5. The van der Waals surface area contributed by atoms with Crippen LogP contribution in [-0.2, 0) is 6.42 Å². The topological polar surface area (TPSA) is 12.0 Å². The molecule has 20 heavy (non-hydrogen) atoms. The van der Waals surface area contributed by atoms with Crippen molar-refractivity contribution >= 4 is 23.2 Å². The smallest absolute Gasteiger partial charge is 0.142 e. The first-order valence-electron chi connectivity index (χ1n) is 6.38. The highest BCUT2D eigenvalue weighted by molar-refractivity contribution is 6.31. The fraction of sp³-hybridized carbons (Fsp3) is 0.250. The van der Waals surface area contributed by atoms with Crippen molar-refractivity contribution in [1.29, 1.82) is 0 Å². The Bertz CT molecular complexity index is 613. The van der Waals surface area contributed by atoms with Gasteiger partial charge in [-0.15, -0.1) is 0 Å². The molecule has 0 aliphatic rings. The summed E-state index contributed by atoms with van der Waals surface area (Å²) in [6.45, 7) is 2.02. The molecule has 1 N–H and O–H groups in total. The Morgan fingerprint density at radius 2 is 1.90 bits per heavy atom. The van der Waals surface area contributed by atoms with Crippen molar-refractivity contribution in [3.63, 3.8) is 0 Å². The second kappa shape index (κ2) is 6.57. The van der Waals surface area contributed by atoms with E-state index in [0.717, 1.165) is 21.7 Å². The van der Waals surface area contributed by atoms with E-state index in [0.29, 0.717) is 6.42 Å². The van der Waals surface area contributed by atoms with Crippen LogP contribution in [0.3, 0.4) is 0 Å². The largest absolute Gasteiger partial charge is 0.313 e. The molecule has 0 amide bonds. The van der Waals surface area contributed by atoms with Crippen molar-refractivity contribution < 1.29 is 4.39 Å². The third kappa shape index (κ3) is 3.51. The zero-order valence-corrected chi connectivity index (χ0v) is 12.9. The Labute approximate surface area is 128 Å². The second-order valence-electron chi connectivity index (χ2n) is 4.79. The average molecular weight is 312 g/mol. The van der Waals surface area contributed by atoms with Gasteiger partial charge in [0.25, 0.3) is 0 Å². The number of hydrogen-bond acceptors (Lipinski definition) is 1. The molecule has 4 heteroatoms. The molecule has 2 aromatic carbocycles. The molecule has 0 spiro atoms. The van der Waals surface area contributed by atoms with E-state index in [2.05, 4.69) is 5.32 Å². The van der Waals surface area contributed by atoms with Gasteiger partial charge in [0, 0.05) is 11.1 Å². The van der Waals surface area contributed by atoms with Crippen LogP contribution in [0.4, 0.5) is 4.39 Å². The number of aryl methyl sites for hydroxylation is 1. The molecule has 0 aromatic heterocycles. The molecule has 0 saturated carbocycles. The summed E-state index contributed by atoms with van der Waals surface area (Å²) >= 11 is 11.7. The Morgan fingerprint density at radius 3 is 2.50 bits per heavy atom. The minimum Gasteiger partial charge on any atom is -0.313 e. The van der Waals surface area contributed by atoms with Gasteiger partial charge in [-0.1, -0.05) is 35.3 Å². The fourth-order valence-corrected chi connectivity index (χ4v) is 2.64. The van der Waals surface area contributed by atoms with E-state index in [1.165, 1.54) is 6.07 Å². The molecule has 0 saturated heterocycles. The Morgan fingerprint density at radius 1 is 1.15 bits per heavy atom. The number of benzene rings is 2. The SMILES string of the molecule is CNC(Cc1ccc(Cl)c(F)c1)c1ccc(Cl)cc1C. The van der Waals surface area contributed by atoms with Crippen molar-refractivity contribution in [1.82, 2.24) is 5.32 Å². The van der Waals surface area contributed by atoms with E-state index < -0.39 is 0 Å². The first-order valence-corrected chi connectivity index (χ1v) is 7.14. The van der Waals surface area contributed by atoms with E-state index >= 15 is 0 Å². The van der Waals surface area contributed by atoms with Crippen molar-refractivity contribution in [2.45, 2.75) is 19.4 Å². The highest BCUT2D eigenvalue weighted by Crippen LogP contribution is 2.25. The van der Waals surface area contributed by atoms with Crippen LogP contribution in [0.2, 0.25) is 10.0 Å². The summed E-state index contributed by atoms with van der Waals surface area (Å²) in [7, 11) is 1.89. The van der Waals surface area contributed by atoms with Crippen LogP contribution in [0.1, 0.15) is 22.7 Å². The quantitative estimate of drug-likeness (QED) is 0.843. The lowest BCUT2D eigenvalue weighted by Crippen LogP contribution is -2.19. The molecule has 0 aliphatic heterocycles. The summed E-state index contributed by atoms with van der Waals surface area (Å²) in [6.07, 6.45) is 0.688. The Balaban J connectivity index is 2.26. The van der Waals surface area contributed by atoms with E-state index in [9.17, 15) is 4.39 Å². The standard InChI is InChI=1S/C16H16Cl2FN/c1-10-7-12(17)4-5-13(10)16(20-2)9-11-3-6-14(18)15(19)8-11/h3-8,16,20H,9H2,1-2H3. The van der Waals surface area contributed by atoms with Gasteiger partial charge in [-0.3, -0.25) is 0 Å². The predicted octanol–water partition coefficient (Wildman–Crippen LogP) is 4.94. The van der Waals surface area contributed by atoms with Crippen LogP contribution in [-0.4, -0.2) is 7.05 Å². The van der Waals surface area contributed by atoms with Crippen LogP contribution in [0.15, 0.2) is 36.4 Å². The lowest BCUT2D eigenvalue weighted by atomic mass is 9.95. The van der Waals surface area contributed by atoms with Gasteiger partial charge in [-0.25, -0.2) is 4.39 Å². The van der Waals surface area contributed by atoms with E-state index in [1.807, 2.05) is 38.2 Å². The molecule has 1 unspecified atom stereocenters. The summed E-state index contributed by atoms with van der Waals surface area (Å²) < 4.78 is 13.5. The Kier molecular flexibility index (Phi) is 5.03. The van der Waals surface area contributed by atoms with Gasteiger partial charge in [0.05, 0.1) is 5.02 Å². The molecule has 1 atom stereocenters. The minimum atomic E-state index is -0.383. The summed E-state index contributed by atoms with van der Waals surface area (Å²) in [5, 5.41) is 4.13. The summed E-state index contributed by atoms with van der Waals surface area (Å²) in [5.41, 5.74) is 3.18. The summed E-state index contributed by atoms with van der Waals surface area (Å²) in [4.78, 5) is 0. The first-order chi connectivity index (χ1) is 9.51. The predicted molar refractivity (Wildman–Crippen MR) is 83.1 cm³/mol. The van der Waals surface area contributed by atoms with Gasteiger partial charge in [-0.2, -0.15) is 0 Å². The maximum atomic E-state index is 13.5. The lowest BCUT2D eigenvalue weighted by molar-refractivity contribution is 0.582. The van der Waals surface area contributed by atoms with Crippen molar-refractivity contribution in [2.75, 3.05) is 7.05 Å². The van der Waals surface area contributed by atoms with Crippen LogP contribution in [0.25, 0.3) is 0 Å².